The fourth-order valence-electron chi connectivity index (χ4n) is 2.52. The Labute approximate surface area is 152 Å². The van der Waals surface area contributed by atoms with Crippen LogP contribution in [-0.2, 0) is 13.0 Å². The van der Waals surface area contributed by atoms with Crippen LogP contribution in [0.1, 0.15) is 29.2 Å². The van der Waals surface area contributed by atoms with E-state index in [4.69, 9.17) is 16.3 Å². The van der Waals surface area contributed by atoms with Gasteiger partial charge in [-0.2, -0.15) is 0 Å². The molecule has 0 heterocycles. The van der Waals surface area contributed by atoms with Gasteiger partial charge in [-0.05, 0) is 61.4 Å². The van der Waals surface area contributed by atoms with Crippen molar-refractivity contribution in [3.05, 3.63) is 57.6 Å². The summed E-state index contributed by atoms with van der Waals surface area (Å²) in [6.45, 7) is 6.57. The number of aryl methyl sites for hydroxylation is 3. The number of amides is 1. The molecular formula is C19H22ClNO2S. The second-order valence-electron chi connectivity index (χ2n) is 5.57. The molecule has 0 atom stereocenters. The summed E-state index contributed by atoms with van der Waals surface area (Å²) in [5.74, 6) is 0.840. The van der Waals surface area contributed by atoms with E-state index in [1.165, 1.54) is 11.1 Å². The molecule has 0 aromatic heterocycles. The molecule has 3 nitrogen and oxygen atoms in total. The summed E-state index contributed by atoms with van der Waals surface area (Å²) >= 11 is 7.43. The van der Waals surface area contributed by atoms with Gasteiger partial charge in [-0.3, -0.25) is 4.79 Å². The number of rotatable bonds is 5. The molecule has 2 rings (SSSR count). The maximum atomic E-state index is 11.7. The molecule has 1 N–H and O–H groups in total. The highest BCUT2D eigenvalue weighted by Gasteiger charge is 2.12. The van der Waals surface area contributed by atoms with Crippen molar-refractivity contribution in [1.29, 1.82) is 0 Å². The quantitative estimate of drug-likeness (QED) is 0.708. The Balaban J connectivity index is 2.23. The predicted molar refractivity (Wildman–Crippen MR) is 104 cm³/mol. The average molecular weight is 364 g/mol. The van der Waals surface area contributed by atoms with E-state index in [0.717, 1.165) is 35.1 Å². The Morgan fingerprint density at radius 1 is 1.25 bits per heavy atom. The largest absolute Gasteiger partial charge is 0.488 e. The van der Waals surface area contributed by atoms with E-state index in [0.29, 0.717) is 17.3 Å². The highest BCUT2D eigenvalue weighted by atomic mass is 35.5. The second kappa shape index (κ2) is 8.45. The van der Waals surface area contributed by atoms with E-state index >= 15 is 0 Å². The summed E-state index contributed by atoms with van der Waals surface area (Å²) in [5.41, 5.74) is 5.09. The van der Waals surface area contributed by atoms with E-state index in [9.17, 15) is 4.79 Å². The first kappa shape index (κ1) is 18.7. The molecule has 0 saturated carbocycles. The SMILES string of the molecule is CCc1cc(C)c(OCc2c(Cl)cccc2NC(=O)SC)cc1C. The lowest BCUT2D eigenvalue weighted by atomic mass is 10.0. The van der Waals surface area contributed by atoms with Crippen molar-refractivity contribution in [2.24, 2.45) is 0 Å². The summed E-state index contributed by atoms with van der Waals surface area (Å²) in [4.78, 5) is 11.7. The topological polar surface area (TPSA) is 38.3 Å². The van der Waals surface area contributed by atoms with Crippen molar-refractivity contribution in [2.75, 3.05) is 11.6 Å². The Hall–Kier alpha value is -1.65. The lowest BCUT2D eigenvalue weighted by Crippen LogP contribution is -2.09. The zero-order valence-electron chi connectivity index (χ0n) is 14.4. The smallest absolute Gasteiger partial charge is 0.283 e. The number of carbonyl (C=O) groups excluding carboxylic acids is 1. The molecule has 2 aromatic carbocycles. The lowest BCUT2D eigenvalue weighted by molar-refractivity contribution is 0.269. The van der Waals surface area contributed by atoms with Crippen molar-refractivity contribution in [3.63, 3.8) is 0 Å². The molecule has 0 spiro atoms. The number of carbonyl (C=O) groups is 1. The molecule has 0 aliphatic carbocycles. The third kappa shape index (κ3) is 4.46. The molecule has 2 aromatic rings. The summed E-state index contributed by atoms with van der Waals surface area (Å²) in [6.07, 6.45) is 2.74. The monoisotopic (exact) mass is 363 g/mol. The van der Waals surface area contributed by atoms with Crippen LogP contribution in [0.3, 0.4) is 0 Å². The number of hydrogen-bond donors (Lipinski definition) is 1. The van der Waals surface area contributed by atoms with Crippen molar-refractivity contribution in [1.82, 2.24) is 0 Å². The van der Waals surface area contributed by atoms with Gasteiger partial charge < -0.3 is 10.1 Å². The first-order chi connectivity index (χ1) is 11.5. The van der Waals surface area contributed by atoms with Crippen LogP contribution in [0.2, 0.25) is 5.02 Å². The number of halogens is 1. The number of hydrogen-bond acceptors (Lipinski definition) is 3. The molecule has 24 heavy (non-hydrogen) atoms. The molecule has 5 heteroatoms. The van der Waals surface area contributed by atoms with Crippen LogP contribution < -0.4 is 10.1 Å². The summed E-state index contributed by atoms with van der Waals surface area (Å²) < 4.78 is 6.00. The van der Waals surface area contributed by atoms with Crippen molar-refractivity contribution in [3.8, 4) is 5.75 Å². The van der Waals surface area contributed by atoms with Gasteiger partial charge in [-0.15, -0.1) is 0 Å². The minimum atomic E-state index is -0.127. The highest BCUT2D eigenvalue weighted by molar-refractivity contribution is 8.13. The second-order valence-corrected chi connectivity index (χ2v) is 6.76. The first-order valence-electron chi connectivity index (χ1n) is 7.81. The number of benzene rings is 2. The van der Waals surface area contributed by atoms with E-state index < -0.39 is 0 Å². The zero-order valence-corrected chi connectivity index (χ0v) is 16.0. The predicted octanol–water partition coefficient (Wildman–Crippen LogP) is 5.99. The van der Waals surface area contributed by atoms with Crippen LogP contribution in [0.25, 0.3) is 0 Å². The molecule has 1 amide bonds. The minimum Gasteiger partial charge on any atom is -0.488 e. The number of nitrogens with one attached hydrogen (secondary N) is 1. The normalized spacial score (nSPS) is 10.5. The molecule has 0 aliphatic heterocycles. The van der Waals surface area contributed by atoms with Crippen molar-refractivity contribution in [2.45, 2.75) is 33.8 Å². The summed E-state index contributed by atoms with van der Waals surface area (Å²) in [7, 11) is 0. The number of anilines is 1. The standard InChI is InChI=1S/C19H22ClNO2S/c1-5-14-9-13(3)18(10-12(14)2)23-11-15-16(20)7-6-8-17(15)21-19(22)24-4/h6-10H,5,11H2,1-4H3,(H,21,22). The van der Waals surface area contributed by atoms with Crippen molar-refractivity contribution >= 4 is 34.3 Å². The first-order valence-corrected chi connectivity index (χ1v) is 9.41. The Kier molecular flexibility index (Phi) is 6.58. The summed E-state index contributed by atoms with van der Waals surface area (Å²) in [5, 5.41) is 3.29. The zero-order chi connectivity index (χ0) is 17.7. The van der Waals surface area contributed by atoms with Gasteiger partial charge in [-0.25, -0.2) is 0 Å². The van der Waals surface area contributed by atoms with Gasteiger partial charge in [0.25, 0.3) is 5.24 Å². The lowest BCUT2D eigenvalue weighted by Gasteiger charge is -2.16. The van der Waals surface area contributed by atoms with E-state index in [2.05, 4.69) is 31.3 Å². The van der Waals surface area contributed by atoms with Crippen LogP contribution in [0.5, 0.6) is 5.75 Å². The van der Waals surface area contributed by atoms with E-state index in [-0.39, 0.29) is 5.24 Å². The maximum absolute atomic E-state index is 11.7. The van der Waals surface area contributed by atoms with E-state index in [1.807, 2.05) is 19.1 Å². The molecule has 0 saturated heterocycles. The third-order valence-electron chi connectivity index (χ3n) is 3.93. The van der Waals surface area contributed by atoms with Gasteiger partial charge in [0.2, 0.25) is 0 Å². The molecule has 128 valence electrons. The van der Waals surface area contributed by atoms with Gasteiger partial charge in [0.1, 0.15) is 12.4 Å². The maximum Gasteiger partial charge on any atom is 0.283 e. The number of thioether (sulfide) groups is 1. The highest BCUT2D eigenvalue weighted by Crippen LogP contribution is 2.29. The van der Waals surface area contributed by atoms with Gasteiger partial charge in [-0.1, -0.05) is 42.4 Å². The molecule has 0 aliphatic rings. The average Bonchev–Trinajstić information content (AvgIpc) is 2.56. The summed E-state index contributed by atoms with van der Waals surface area (Å²) in [6, 6.07) is 9.66. The third-order valence-corrected chi connectivity index (χ3v) is 4.75. The van der Waals surface area contributed by atoms with Crippen LogP contribution in [-0.4, -0.2) is 11.5 Å². The van der Waals surface area contributed by atoms with Crippen LogP contribution in [0.15, 0.2) is 30.3 Å². The van der Waals surface area contributed by atoms with E-state index in [1.54, 1.807) is 12.3 Å². The van der Waals surface area contributed by atoms with Crippen LogP contribution in [0, 0.1) is 13.8 Å². The Morgan fingerprint density at radius 3 is 2.67 bits per heavy atom. The fourth-order valence-corrected chi connectivity index (χ4v) is 2.96. The minimum absolute atomic E-state index is 0.127. The van der Waals surface area contributed by atoms with Crippen LogP contribution >= 0.6 is 23.4 Å². The molecular weight excluding hydrogens is 342 g/mol. The number of ether oxygens (including phenoxy) is 1. The molecule has 0 fully saturated rings. The fraction of sp³-hybridized carbons (Fsp3) is 0.316. The molecule has 0 radical (unpaired) electrons. The van der Waals surface area contributed by atoms with Crippen molar-refractivity contribution < 1.29 is 9.53 Å². The van der Waals surface area contributed by atoms with Gasteiger partial charge in [0, 0.05) is 16.3 Å². The van der Waals surface area contributed by atoms with Gasteiger partial charge in [0.05, 0.1) is 0 Å². The van der Waals surface area contributed by atoms with Gasteiger partial charge in [0.15, 0.2) is 0 Å². The molecule has 0 bridgehead atoms. The van der Waals surface area contributed by atoms with Crippen LogP contribution in [0.4, 0.5) is 10.5 Å². The Bertz CT molecular complexity index is 746. The Morgan fingerprint density at radius 2 is 2.00 bits per heavy atom. The van der Waals surface area contributed by atoms with Gasteiger partial charge >= 0.3 is 0 Å². The molecule has 0 unspecified atom stereocenters.